The van der Waals surface area contributed by atoms with Crippen LogP contribution in [0.15, 0.2) is 40.3 Å². The van der Waals surface area contributed by atoms with Gasteiger partial charge in [-0.1, -0.05) is 31.4 Å². The van der Waals surface area contributed by atoms with Gasteiger partial charge in [0.05, 0.1) is 6.54 Å². The standard InChI is InChI=1S/C25H34N4O/c1-7-12-26-16-21-13-18(4)20(14-23(21)17(2)3)15-24-27-28-25(30-24)19-8-10-22(11-9-19)29(5)6/h1,8-11,13,17,20-21,23,26H,12,14-16H2,2-6H3/t20-,21-,23-/m0/s1. The highest BCUT2D eigenvalue weighted by atomic mass is 16.4. The molecule has 1 aliphatic rings. The predicted molar refractivity (Wildman–Crippen MR) is 123 cm³/mol. The normalized spacial score (nSPS) is 21.4. The molecular formula is C25H34N4O. The molecule has 1 N–H and O–H groups in total. The molecule has 0 bridgehead atoms. The van der Waals surface area contributed by atoms with Crippen molar-refractivity contribution in [3.63, 3.8) is 0 Å². The summed E-state index contributed by atoms with van der Waals surface area (Å²) in [5.74, 6) is 6.15. The van der Waals surface area contributed by atoms with Gasteiger partial charge in [0.1, 0.15) is 0 Å². The van der Waals surface area contributed by atoms with E-state index in [0.29, 0.717) is 42.0 Å². The maximum Gasteiger partial charge on any atom is 0.247 e. The van der Waals surface area contributed by atoms with Crippen LogP contribution in [0.3, 0.4) is 0 Å². The van der Waals surface area contributed by atoms with Gasteiger partial charge in [0, 0.05) is 38.3 Å². The molecule has 160 valence electrons. The Balaban J connectivity index is 1.70. The van der Waals surface area contributed by atoms with Gasteiger partial charge in [-0.25, -0.2) is 0 Å². The average Bonchev–Trinajstić information content (AvgIpc) is 3.18. The van der Waals surface area contributed by atoms with E-state index in [0.717, 1.165) is 30.6 Å². The van der Waals surface area contributed by atoms with Gasteiger partial charge in [0.2, 0.25) is 11.8 Å². The Bertz CT molecular complexity index is 889. The van der Waals surface area contributed by atoms with Crippen LogP contribution < -0.4 is 10.2 Å². The van der Waals surface area contributed by atoms with E-state index in [1.165, 1.54) is 5.57 Å². The number of hydrogen-bond donors (Lipinski definition) is 1. The minimum Gasteiger partial charge on any atom is -0.421 e. The van der Waals surface area contributed by atoms with Crippen LogP contribution >= 0.6 is 0 Å². The second-order valence-electron chi connectivity index (χ2n) is 8.90. The number of hydrogen-bond acceptors (Lipinski definition) is 5. The summed E-state index contributed by atoms with van der Waals surface area (Å²) in [6.45, 7) is 8.41. The van der Waals surface area contributed by atoms with Gasteiger partial charge >= 0.3 is 0 Å². The van der Waals surface area contributed by atoms with E-state index in [9.17, 15) is 0 Å². The number of rotatable bonds is 8. The highest BCUT2D eigenvalue weighted by Gasteiger charge is 2.32. The van der Waals surface area contributed by atoms with Crippen molar-refractivity contribution < 1.29 is 4.42 Å². The zero-order valence-electron chi connectivity index (χ0n) is 18.9. The topological polar surface area (TPSA) is 54.2 Å². The highest BCUT2D eigenvalue weighted by molar-refractivity contribution is 5.58. The van der Waals surface area contributed by atoms with Gasteiger partial charge < -0.3 is 14.6 Å². The van der Waals surface area contributed by atoms with Gasteiger partial charge in [-0.05, 0) is 61.3 Å². The zero-order chi connectivity index (χ0) is 21.7. The lowest BCUT2D eigenvalue weighted by Gasteiger charge is -2.37. The van der Waals surface area contributed by atoms with Gasteiger partial charge in [-0.2, -0.15) is 0 Å². The summed E-state index contributed by atoms with van der Waals surface area (Å²) in [4.78, 5) is 2.07. The highest BCUT2D eigenvalue weighted by Crippen LogP contribution is 2.38. The molecule has 3 atom stereocenters. The predicted octanol–water partition coefficient (Wildman–Crippen LogP) is 4.42. The fourth-order valence-electron chi connectivity index (χ4n) is 4.38. The summed E-state index contributed by atoms with van der Waals surface area (Å²) in [5.41, 5.74) is 3.51. The fourth-order valence-corrected chi connectivity index (χ4v) is 4.38. The Labute approximate surface area is 181 Å². The van der Waals surface area contributed by atoms with Crippen molar-refractivity contribution >= 4 is 5.69 Å². The van der Waals surface area contributed by atoms with Crippen LogP contribution in [-0.2, 0) is 6.42 Å². The summed E-state index contributed by atoms with van der Waals surface area (Å²) in [7, 11) is 4.06. The molecule has 1 aliphatic carbocycles. The molecule has 5 heteroatoms. The molecule has 3 rings (SSSR count). The van der Waals surface area contributed by atoms with Crippen LogP contribution in [0.5, 0.6) is 0 Å². The molecular weight excluding hydrogens is 372 g/mol. The molecule has 0 fully saturated rings. The van der Waals surface area contributed by atoms with Gasteiger partial charge in [0.25, 0.3) is 0 Å². The third-order valence-corrected chi connectivity index (χ3v) is 6.21. The van der Waals surface area contributed by atoms with E-state index in [1.807, 2.05) is 26.2 Å². The SMILES string of the molecule is C#CCNC[C@@H]1C=C(C)[C@H](Cc2nnc(-c3ccc(N(C)C)cc3)o2)C[C@H]1C(C)C. The van der Waals surface area contributed by atoms with E-state index < -0.39 is 0 Å². The Morgan fingerprint density at radius 2 is 1.97 bits per heavy atom. The largest absolute Gasteiger partial charge is 0.421 e. The number of nitrogens with one attached hydrogen (secondary N) is 1. The van der Waals surface area contributed by atoms with Crippen LogP contribution in [-0.4, -0.2) is 37.4 Å². The number of terminal acetylenes is 1. The minimum atomic E-state index is 0.436. The number of allylic oxidation sites excluding steroid dienone is 1. The van der Waals surface area contributed by atoms with Crippen molar-refractivity contribution in [1.82, 2.24) is 15.5 Å². The van der Waals surface area contributed by atoms with Crippen LogP contribution in [0.4, 0.5) is 5.69 Å². The van der Waals surface area contributed by atoms with Crippen molar-refractivity contribution in [3.8, 4) is 23.8 Å². The smallest absolute Gasteiger partial charge is 0.247 e. The van der Waals surface area contributed by atoms with Crippen molar-refractivity contribution in [1.29, 1.82) is 0 Å². The number of aromatic nitrogens is 2. The first-order valence-corrected chi connectivity index (χ1v) is 10.8. The summed E-state index contributed by atoms with van der Waals surface area (Å²) >= 11 is 0. The van der Waals surface area contributed by atoms with Crippen molar-refractivity contribution in [2.75, 3.05) is 32.1 Å². The summed E-state index contributed by atoms with van der Waals surface area (Å²) in [6.07, 6.45) is 9.74. The fraction of sp³-hybridized carbons (Fsp3) is 0.520. The third-order valence-electron chi connectivity index (χ3n) is 6.21. The van der Waals surface area contributed by atoms with Crippen LogP contribution in [0, 0.1) is 36.0 Å². The van der Waals surface area contributed by atoms with Crippen LogP contribution in [0.2, 0.25) is 0 Å². The third kappa shape index (κ3) is 5.31. The van der Waals surface area contributed by atoms with E-state index in [1.54, 1.807) is 0 Å². The summed E-state index contributed by atoms with van der Waals surface area (Å²) in [6, 6.07) is 8.19. The molecule has 1 aromatic heterocycles. The monoisotopic (exact) mass is 406 g/mol. The number of nitrogens with zero attached hydrogens (tertiary/aromatic N) is 3. The minimum absolute atomic E-state index is 0.436. The Morgan fingerprint density at radius 1 is 1.23 bits per heavy atom. The van der Waals surface area contributed by atoms with E-state index >= 15 is 0 Å². The second-order valence-corrected chi connectivity index (χ2v) is 8.90. The lowest BCUT2D eigenvalue weighted by molar-refractivity contribution is 0.220. The maximum absolute atomic E-state index is 6.03. The van der Waals surface area contributed by atoms with Crippen LogP contribution in [0.1, 0.15) is 33.1 Å². The average molecular weight is 407 g/mol. The zero-order valence-corrected chi connectivity index (χ0v) is 18.9. The number of benzene rings is 1. The summed E-state index contributed by atoms with van der Waals surface area (Å²) in [5, 5.41) is 12.0. The molecule has 0 radical (unpaired) electrons. The quantitative estimate of drug-likeness (QED) is 0.399. The first-order valence-electron chi connectivity index (χ1n) is 10.8. The Hall–Kier alpha value is -2.58. The van der Waals surface area contributed by atoms with Crippen molar-refractivity contribution in [2.45, 2.75) is 33.6 Å². The second kappa shape index (κ2) is 9.95. The summed E-state index contributed by atoms with van der Waals surface area (Å²) < 4.78 is 6.03. The lowest BCUT2D eigenvalue weighted by atomic mass is 9.70. The molecule has 1 aromatic carbocycles. The lowest BCUT2D eigenvalue weighted by Crippen LogP contribution is -2.35. The Morgan fingerprint density at radius 3 is 2.60 bits per heavy atom. The first-order chi connectivity index (χ1) is 14.4. The molecule has 0 amide bonds. The van der Waals surface area contributed by atoms with Crippen molar-refractivity contribution in [2.24, 2.45) is 23.7 Å². The Kier molecular flexibility index (Phi) is 7.33. The van der Waals surface area contributed by atoms with E-state index in [2.05, 4.69) is 65.3 Å². The van der Waals surface area contributed by atoms with E-state index in [4.69, 9.17) is 10.8 Å². The molecule has 5 nitrogen and oxygen atoms in total. The van der Waals surface area contributed by atoms with Crippen molar-refractivity contribution in [3.05, 3.63) is 41.8 Å². The molecule has 0 aliphatic heterocycles. The number of anilines is 1. The molecule has 2 aromatic rings. The maximum atomic E-state index is 6.03. The van der Waals surface area contributed by atoms with E-state index in [-0.39, 0.29) is 0 Å². The molecule has 0 saturated heterocycles. The first kappa shape index (κ1) is 22.1. The van der Waals surface area contributed by atoms with Gasteiger partial charge in [0.15, 0.2) is 0 Å². The molecule has 0 unspecified atom stereocenters. The van der Waals surface area contributed by atoms with Gasteiger partial charge in [-0.15, -0.1) is 16.6 Å². The molecule has 0 spiro atoms. The molecule has 30 heavy (non-hydrogen) atoms. The van der Waals surface area contributed by atoms with Gasteiger partial charge in [-0.3, -0.25) is 0 Å². The van der Waals surface area contributed by atoms with Crippen LogP contribution in [0.25, 0.3) is 11.5 Å². The molecule has 0 saturated carbocycles. The molecule has 1 heterocycles.